The SMILES string of the molecule is Cc1cc(NC(=O)c2ccc(Cl)c(S(=O)(=O)N3CCOCC3)c2)n(C(C)(C)C)n1. The van der Waals surface area contributed by atoms with E-state index < -0.39 is 15.9 Å². The lowest BCUT2D eigenvalue weighted by Crippen LogP contribution is -2.40. The first-order valence-corrected chi connectivity index (χ1v) is 11.1. The summed E-state index contributed by atoms with van der Waals surface area (Å²) in [5.41, 5.74) is 0.629. The van der Waals surface area contributed by atoms with Gasteiger partial charge in [0, 0.05) is 24.7 Å². The third kappa shape index (κ3) is 4.63. The third-order valence-electron chi connectivity index (χ3n) is 4.49. The largest absolute Gasteiger partial charge is 0.379 e. The van der Waals surface area contributed by atoms with Crippen LogP contribution in [-0.2, 0) is 20.3 Å². The molecule has 29 heavy (non-hydrogen) atoms. The Morgan fingerprint density at radius 3 is 2.48 bits per heavy atom. The van der Waals surface area contributed by atoms with Crippen molar-refractivity contribution in [2.45, 2.75) is 38.1 Å². The summed E-state index contributed by atoms with van der Waals surface area (Å²) >= 11 is 6.17. The van der Waals surface area contributed by atoms with E-state index in [2.05, 4.69) is 10.4 Å². The Morgan fingerprint density at radius 1 is 1.21 bits per heavy atom. The molecule has 1 amide bonds. The van der Waals surface area contributed by atoms with E-state index >= 15 is 0 Å². The van der Waals surface area contributed by atoms with E-state index in [1.165, 1.54) is 22.5 Å². The van der Waals surface area contributed by atoms with E-state index in [0.717, 1.165) is 5.69 Å². The summed E-state index contributed by atoms with van der Waals surface area (Å²) in [5.74, 6) is 0.0954. The molecule has 0 atom stereocenters. The summed E-state index contributed by atoms with van der Waals surface area (Å²) in [7, 11) is -3.83. The van der Waals surface area contributed by atoms with Gasteiger partial charge in [0.05, 0.1) is 29.5 Å². The van der Waals surface area contributed by atoms with Crippen LogP contribution in [0.3, 0.4) is 0 Å². The molecule has 1 N–H and O–H groups in total. The lowest BCUT2D eigenvalue weighted by Gasteiger charge is -2.26. The molecule has 0 saturated carbocycles. The zero-order chi connectivity index (χ0) is 21.4. The molecule has 2 aromatic rings. The average Bonchev–Trinajstić information content (AvgIpc) is 3.03. The van der Waals surface area contributed by atoms with Crippen LogP contribution in [-0.4, -0.2) is 54.7 Å². The summed E-state index contributed by atoms with van der Waals surface area (Å²) in [6.45, 7) is 8.92. The van der Waals surface area contributed by atoms with Gasteiger partial charge in [0.1, 0.15) is 10.7 Å². The molecule has 0 spiro atoms. The number of morpholine rings is 1. The van der Waals surface area contributed by atoms with E-state index in [1.807, 2.05) is 27.7 Å². The van der Waals surface area contributed by atoms with Gasteiger partial charge in [-0.2, -0.15) is 9.40 Å². The zero-order valence-corrected chi connectivity index (χ0v) is 18.5. The van der Waals surface area contributed by atoms with Gasteiger partial charge in [-0.25, -0.2) is 13.1 Å². The molecule has 1 fully saturated rings. The monoisotopic (exact) mass is 440 g/mol. The van der Waals surface area contributed by atoms with Gasteiger partial charge in [-0.15, -0.1) is 0 Å². The van der Waals surface area contributed by atoms with Gasteiger partial charge in [-0.1, -0.05) is 11.6 Å². The number of anilines is 1. The number of nitrogens with one attached hydrogen (secondary N) is 1. The number of aryl methyl sites for hydroxylation is 1. The molecule has 1 aromatic carbocycles. The van der Waals surface area contributed by atoms with Gasteiger partial charge in [0.25, 0.3) is 5.91 Å². The lowest BCUT2D eigenvalue weighted by molar-refractivity contribution is 0.0730. The van der Waals surface area contributed by atoms with E-state index in [9.17, 15) is 13.2 Å². The predicted octanol–water partition coefficient (Wildman–Crippen LogP) is 2.87. The average molecular weight is 441 g/mol. The van der Waals surface area contributed by atoms with E-state index in [0.29, 0.717) is 19.0 Å². The molecule has 0 unspecified atom stereocenters. The molecule has 1 aromatic heterocycles. The molecule has 1 aliphatic heterocycles. The number of hydrogen-bond donors (Lipinski definition) is 1. The van der Waals surface area contributed by atoms with Gasteiger partial charge in [-0.05, 0) is 45.9 Å². The number of carbonyl (C=O) groups is 1. The Labute approximate surface area is 175 Å². The van der Waals surface area contributed by atoms with Crippen molar-refractivity contribution in [1.82, 2.24) is 14.1 Å². The Hall–Kier alpha value is -1.94. The van der Waals surface area contributed by atoms with Crippen LogP contribution in [0.25, 0.3) is 0 Å². The Morgan fingerprint density at radius 2 is 1.86 bits per heavy atom. The normalized spacial score (nSPS) is 16.0. The number of halogens is 1. The standard InChI is InChI=1S/C19H25ClN4O4S/c1-13-11-17(24(22-13)19(2,3)4)21-18(25)14-5-6-15(20)16(12-14)29(26,27)23-7-9-28-10-8-23/h5-6,11-12H,7-10H2,1-4H3,(H,21,25). The van der Waals surface area contributed by atoms with Crippen LogP contribution in [0.5, 0.6) is 0 Å². The van der Waals surface area contributed by atoms with Gasteiger partial charge in [0.15, 0.2) is 0 Å². The molecule has 2 heterocycles. The van der Waals surface area contributed by atoms with Crippen molar-refractivity contribution in [1.29, 1.82) is 0 Å². The first kappa shape index (κ1) is 21.8. The smallest absolute Gasteiger partial charge is 0.256 e. The van der Waals surface area contributed by atoms with Crippen LogP contribution in [0.4, 0.5) is 5.82 Å². The zero-order valence-electron chi connectivity index (χ0n) is 16.9. The molecule has 1 saturated heterocycles. The Balaban J connectivity index is 1.91. The molecule has 10 heteroatoms. The highest BCUT2D eigenvalue weighted by Crippen LogP contribution is 2.27. The van der Waals surface area contributed by atoms with Gasteiger partial charge < -0.3 is 10.1 Å². The maximum Gasteiger partial charge on any atom is 0.256 e. The highest BCUT2D eigenvalue weighted by atomic mass is 35.5. The molecule has 3 rings (SSSR count). The van der Waals surface area contributed by atoms with E-state index in [4.69, 9.17) is 16.3 Å². The second-order valence-electron chi connectivity index (χ2n) is 7.87. The van der Waals surface area contributed by atoms with Gasteiger partial charge in [0.2, 0.25) is 10.0 Å². The molecule has 1 aliphatic rings. The van der Waals surface area contributed by atoms with Crippen molar-refractivity contribution in [3.8, 4) is 0 Å². The predicted molar refractivity (Wildman–Crippen MR) is 111 cm³/mol. The van der Waals surface area contributed by atoms with Crippen molar-refractivity contribution < 1.29 is 17.9 Å². The van der Waals surface area contributed by atoms with Crippen molar-refractivity contribution >= 4 is 33.3 Å². The fourth-order valence-electron chi connectivity index (χ4n) is 3.06. The number of nitrogens with zero attached hydrogens (tertiary/aromatic N) is 3. The Bertz CT molecular complexity index is 1020. The number of carbonyl (C=O) groups excluding carboxylic acids is 1. The second kappa shape index (κ2) is 8.06. The number of benzene rings is 1. The summed E-state index contributed by atoms with van der Waals surface area (Å²) in [5, 5.41) is 7.32. The van der Waals surface area contributed by atoms with Crippen LogP contribution < -0.4 is 5.32 Å². The van der Waals surface area contributed by atoms with Crippen LogP contribution in [0.2, 0.25) is 5.02 Å². The molecule has 0 bridgehead atoms. The van der Waals surface area contributed by atoms with Gasteiger partial charge >= 0.3 is 0 Å². The van der Waals surface area contributed by atoms with Crippen molar-refractivity contribution in [2.75, 3.05) is 31.6 Å². The molecular formula is C19H25ClN4O4S. The highest BCUT2D eigenvalue weighted by molar-refractivity contribution is 7.89. The molecule has 158 valence electrons. The number of hydrogen-bond acceptors (Lipinski definition) is 5. The topological polar surface area (TPSA) is 93.5 Å². The maximum absolute atomic E-state index is 13.0. The van der Waals surface area contributed by atoms with Crippen LogP contribution in [0.15, 0.2) is 29.2 Å². The summed E-state index contributed by atoms with van der Waals surface area (Å²) in [6.07, 6.45) is 0. The molecule has 8 nitrogen and oxygen atoms in total. The maximum atomic E-state index is 13.0. The molecule has 0 radical (unpaired) electrons. The minimum Gasteiger partial charge on any atom is -0.379 e. The van der Waals surface area contributed by atoms with Crippen molar-refractivity contribution in [2.24, 2.45) is 0 Å². The lowest BCUT2D eigenvalue weighted by atomic mass is 10.1. The summed E-state index contributed by atoms with van der Waals surface area (Å²) in [6, 6.07) is 6.01. The molecular weight excluding hydrogens is 416 g/mol. The quantitative estimate of drug-likeness (QED) is 0.788. The number of aromatic nitrogens is 2. The first-order chi connectivity index (χ1) is 13.5. The second-order valence-corrected chi connectivity index (χ2v) is 10.2. The summed E-state index contributed by atoms with van der Waals surface area (Å²) in [4.78, 5) is 12.8. The molecule has 0 aliphatic carbocycles. The summed E-state index contributed by atoms with van der Waals surface area (Å²) < 4.78 is 34.2. The first-order valence-electron chi connectivity index (χ1n) is 9.26. The number of amides is 1. The number of ether oxygens (including phenoxy) is 1. The third-order valence-corrected chi connectivity index (χ3v) is 6.87. The highest BCUT2D eigenvalue weighted by Gasteiger charge is 2.29. The number of sulfonamides is 1. The van der Waals surface area contributed by atoms with Crippen LogP contribution >= 0.6 is 11.6 Å². The fourth-order valence-corrected chi connectivity index (χ4v) is 4.97. The van der Waals surface area contributed by atoms with E-state index in [-0.39, 0.29) is 34.1 Å². The minimum atomic E-state index is -3.83. The minimum absolute atomic E-state index is 0.0728. The van der Waals surface area contributed by atoms with Crippen LogP contribution in [0, 0.1) is 6.92 Å². The van der Waals surface area contributed by atoms with Gasteiger partial charge in [-0.3, -0.25) is 4.79 Å². The van der Waals surface area contributed by atoms with E-state index in [1.54, 1.807) is 10.7 Å². The van der Waals surface area contributed by atoms with Crippen molar-refractivity contribution in [3.05, 3.63) is 40.5 Å². The Kier molecular flexibility index (Phi) is 6.05. The van der Waals surface area contributed by atoms with Crippen LogP contribution in [0.1, 0.15) is 36.8 Å². The van der Waals surface area contributed by atoms with Crippen molar-refractivity contribution in [3.63, 3.8) is 0 Å². The fraction of sp³-hybridized carbons (Fsp3) is 0.474. The number of rotatable bonds is 4.